The lowest BCUT2D eigenvalue weighted by atomic mass is 10.1. The minimum Gasteiger partial charge on any atom is -0.338 e. The standard InChI is InChI=1S/C22H22FN5O/c1-16-2-7-19(12-20(16)23)22-25-21(29-26-22)15-28-10-8-27(9-11-28)14-18-5-3-17(13-24)4-6-18/h2-7,12H,8-11,14-15H2,1H3. The second-order valence-corrected chi connectivity index (χ2v) is 7.34. The Bertz CT molecular complexity index is 1020. The van der Waals surface area contributed by atoms with E-state index < -0.39 is 0 Å². The topological polar surface area (TPSA) is 69.2 Å². The summed E-state index contributed by atoms with van der Waals surface area (Å²) in [4.78, 5) is 9.10. The minimum absolute atomic E-state index is 0.271. The summed E-state index contributed by atoms with van der Waals surface area (Å²) < 4.78 is 19.1. The van der Waals surface area contributed by atoms with E-state index in [4.69, 9.17) is 9.78 Å². The highest BCUT2D eigenvalue weighted by atomic mass is 19.1. The van der Waals surface area contributed by atoms with Crippen molar-refractivity contribution in [3.05, 3.63) is 70.9 Å². The second-order valence-electron chi connectivity index (χ2n) is 7.34. The molecule has 2 aromatic carbocycles. The van der Waals surface area contributed by atoms with Crippen molar-refractivity contribution in [3.63, 3.8) is 0 Å². The molecule has 7 heteroatoms. The molecular weight excluding hydrogens is 369 g/mol. The molecular formula is C22H22FN5O. The Morgan fingerprint density at radius 3 is 2.38 bits per heavy atom. The van der Waals surface area contributed by atoms with Gasteiger partial charge in [-0.2, -0.15) is 10.2 Å². The number of benzene rings is 2. The van der Waals surface area contributed by atoms with Crippen LogP contribution in [0.5, 0.6) is 0 Å². The summed E-state index contributed by atoms with van der Waals surface area (Å²) in [5, 5.41) is 12.9. The Hall–Kier alpha value is -3.08. The van der Waals surface area contributed by atoms with E-state index in [0.29, 0.717) is 35.0 Å². The zero-order valence-electron chi connectivity index (χ0n) is 16.3. The first kappa shape index (κ1) is 19.2. The van der Waals surface area contributed by atoms with Crippen LogP contribution in [0.25, 0.3) is 11.4 Å². The predicted octanol–water partition coefficient (Wildman–Crippen LogP) is 3.37. The predicted molar refractivity (Wildman–Crippen MR) is 106 cm³/mol. The van der Waals surface area contributed by atoms with Crippen molar-refractivity contribution in [3.8, 4) is 17.5 Å². The van der Waals surface area contributed by atoms with E-state index >= 15 is 0 Å². The first-order valence-corrected chi connectivity index (χ1v) is 9.63. The van der Waals surface area contributed by atoms with Gasteiger partial charge >= 0.3 is 0 Å². The van der Waals surface area contributed by atoms with Crippen molar-refractivity contribution >= 4 is 0 Å². The van der Waals surface area contributed by atoms with Crippen molar-refractivity contribution in [2.45, 2.75) is 20.0 Å². The number of nitriles is 1. The van der Waals surface area contributed by atoms with Crippen molar-refractivity contribution < 1.29 is 8.91 Å². The lowest BCUT2D eigenvalue weighted by Gasteiger charge is -2.33. The maximum Gasteiger partial charge on any atom is 0.241 e. The summed E-state index contributed by atoms with van der Waals surface area (Å²) in [7, 11) is 0. The van der Waals surface area contributed by atoms with Crippen LogP contribution in [0, 0.1) is 24.1 Å². The van der Waals surface area contributed by atoms with Gasteiger partial charge in [-0.05, 0) is 36.2 Å². The van der Waals surface area contributed by atoms with Gasteiger partial charge in [-0.15, -0.1) is 0 Å². The average molecular weight is 391 g/mol. The average Bonchev–Trinajstić information content (AvgIpc) is 3.20. The summed E-state index contributed by atoms with van der Waals surface area (Å²) in [6.07, 6.45) is 0. The van der Waals surface area contributed by atoms with Gasteiger partial charge in [0, 0.05) is 38.3 Å². The number of rotatable bonds is 5. The lowest BCUT2D eigenvalue weighted by Crippen LogP contribution is -2.45. The third kappa shape index (κ3) is 4.67. The molecule has 148 valence electrons. The number of aryl methyl sites for hydroxylation is 1. The van der Waals surface area contributed by atoms with Crippen LogP contribution < -0.4 is 0 Å². The molecule has 0 amide bonds. The molecule has 0 atom stereocenters. The zero-order valence-corrected chi connectivity index (χ0v) is 16.3. The van der Waals surface area contributed by atoms with E-state index in [9.17, 15) is 4.39 Å². The van der Waals surface area contributed by atoms with Gasteiger partial charge in [-0.25, -0.2) is 4.39 Å². The summed E-state index contributed by atoms with van der Waals surface area (Å²) in [5.41, 5.74) is 3.11. The number of aromatic nitrogens is 2. The fourth-order valence-corrected chi connectivity index (χ4v) is 3.41. The molecule has 0 radical (unpaired) electrons. The van der Waals surface area contributed by atoms with E-state index in [0.717, 1.165) is 32.7 Å². The van der Waals surface area contributed by atoms with Crippen LogP contribution in [0.15, 0.2) is 47.0 Å². The fraction of sp³-hybridized carbons (Fsp3) is 0.318. The number of nitrogens with zero attached hydrogens (tertiary/aromatic N) is 5. The van der Waals surface area contributed by atoms with Crippen molar-refractivity contribution in [2.24, 2.45) is 0 Å². The van der Waals surface area contributed by atoms with Gasteiger partial charge in [-0.3, -0.25) is 9.80 Å². The zero-order chi connectivity index (χ0) is 20.2. The summed E-state index contributed by atoms with van der Waals surface area (Å²) in [6, 6.07) is 14.8. The highest BCUT2D eigenvalue weighted by Crippen LogP contribution is 2.20. The fourth-order valence-electron chi connectivity index (χ4n) is 3.41. The molecule has 1 fully saturated rings. The van der Waals surface area contributed by atoms with E-state index in [1.54, 1.807) is 19.1 Å². The second kappa shape index (κ2) is 8.52. The Balaban J connectivity index is 1.30. The molecule has 0 aliphatic carbocycles. The Morgan fingerprint density at radius 2 is 1.72 bits per heavy atom. The third-order valence-corrected chi connectivity index (χ3v) is 5.21. The molecule has 2 heterocycles. The van der Waals surface area contributed by atoms with Gasteiger partial charge < -0.3 is 4.52 Å². The summed E-state index contributed by atoms with van der Waals surface area (Å²) in [5.74, 6) is 0.687. The molecule has 4 rings (SSSR count). The van der Waals surface area contributed by atoms with Crippen LogP contribution in [-0.2, 0) is 13.1 Å². The number of hydrogen-bond donors (Lipinski definition) is 0. The molecule has 3 aromatic rings. The minimum atomic E-state index is -0.271. The lowest BCUT2D eigenvalue weighted by molar-refractivity contribution is 0.112. The van der Waals surface area contributed by atoms with Crippen molar-refractivity contribution in [1.29, 1.82) is 5.26 Å². The quantitative estimate of drug-likeness (QED) is 0.664. The molecule has 29 heavy (non-hydrogen) atoms. The molecule has 1 saturated heterocycles. The monoisotopic (exact) mass is 391 g/mol. The molecule has 0 unspecified atom stereocenters. The van der Waals surface area contributed by atoms with Gasteiger partial charge in [0.2, 0.25) is 11.7 Å². The maximum absolute atomic E-state index is 13.8. The molecule has 0 N–H and O–H groups in total. The first-order valence-electron chi connectivity index (χ1n) is 9.63. The summed E-state index contributed by atoms with van der Waals surface area (Å²) in [6.45, 7) is 6.91. The number of hydrogen-bond acceptors (Lipinski definition) is 6. The molecule has 0 saturated carbocycles. The van der Waals surface area contributed by atoms with Crippen molar-refractivity contribution in [2.75, 3.05) is 26.2 Å². The van der Waals surface area contributed by atoms with Crippen LogP contribution >= 0.6 is 0 Å². The molecule has 0 bridgehead atoms. The van der Waals surface area contributed by atoms with Crippen LogP contribution in [0.4, 0.5) is 4.39 Å². The van der Waals surface area contributed by atoms with E-state index in [2.05, 4.69) is 26.0 Å². The van der Waals surface area contributed by atoms with Gasteiger partial charge in [0.05, 0.1) is 18.2 Å². The molecule has 6 nitrogen and oxygen atoms in total. The highest BCUT2D eigenvalue weighted by Gasteiger charge is 2.20. The Morgan fingerprint density at radius 1 is 1.03 bits per heavy atom. The van der Waals surface area contributed by atoms with Crippen LogP contribution in [-0.4, -0.2) is 46.1 Å². The van der Waals surface area contributed by atoms with Gasteiger partial charge in [-0.1, -0.05) is 29.4 Å². The highest BCUT2D eigenvalue weighted by molar-refractivity contribution is 5.54. The van der Waals surface area contributed by atoms with Gasteiger partial charge in [0.15, 0.2) is 0 Å². The van der Waals surface area contributed by atoms with Crippen LogP contribution in [0.2, 0.25) is 0 Å². The smallest absolute Gasteiger partial charge is 0.241 e. The van der Waals surface area contributed by atoms with Crippen LogP contribution in [0.3, 0.4) is 0 Å². The SMILES string of the molecule is Cc1ccc(-c2noc(CN3CCN(Cc4ccc(C#N)cc4)CC3)n2)cc1F. The molecule has 1 aromatic heterocycles. The Kier molecular flexibility index (Phi) is 5.65. The molecule has 1 aliphatic heterocycles. The van der Waals surface area contributed by atoms with E-state index in [1.807, 2.05) is 24.3 Å². The van der Waals surface area contributed by atoms with E-state index in [-0.39, 0.29) is 5.82 Å². The summed E-state index contributed by atoms with van der Waals surface area (Å²) >= 11 is 0. The Labute approximate surface area is 169 Å². The van der Waals surface area contributed by atoms with E-state index in [1.165, 1.54) is 11.6 Å². The number of halogens is 1. The largest absolute Gasteiger partial charge is 0.338 e. The third-order valence-electron chi connectivity index (χ3n) is 5.21. The van der Waals surface area contributed by atoms with Gasteiger partial charge in [0.1, 0.15) is 5.82 Å². The molecule has 0 spiro atoms. The van der Waals surface area contributed by atoms with Crippen molar-refractivity contribution in [1.82, 2.24) is 19.9 Å². The number of piperazine rings is 1. The van der Waals surface area contributed by atoms with Gasteiger partial charge in [0.25, 0.3) is 0 Å². The molecule has 1 aliphatic rings. The normalized spacial score (nSPS) is 15.3. The van der Waals surface area contributed by atoms with Crippen LogP contribution in [0.1, 0.15) is 22.6 Å². The maximum atomic E-state index is 13.8. The first-order chi connectivity index (χ1) is 14.1.